The summed E-state index contributed by atoms with van der Waals surface area (Å²) in [6, 6.07) is 9.53. The van der Waals surface area contributed by atoms with Crippen molar-refractivity contribution in [1.29, 1.82) is 0 Å². The number of carbonyl (C=O) groups is 1. The monoisotopic (exact) mass is 362 g/mol. The van der Waals surface area contributed by atoms with Crippen LogP contribution >= 0.6 is 0 Å². The lowest BCUT2D eigenvalue weighted by molar-refractivity contribution is 0.0971. The Hall–Kier alpha value is -1.86. The highest BCUT2D eigenvalue weighted by Crippen LogP contribution is 2.33. The van der Waals surface area contributed by atoms with Crippen LogP contribution in [-0.4, -0.2) is 37.4 Å². The minimum absolute atomic E-state index is 0.165. The van der Waals surface area contributed by atoms with Crippen molar-refractivity contribution >= 4 is 26.8 Å². The number of nitrogens with one attached hydrogen (secondary N) is 1. The molecule has 0 bridgehead atoms. The SMILES string of the molecule is O=C(NS(=O)(=O)C[C@@H]1CCCO1)c1cc2ccccc2n1CC1CC1. The normalized spacial score (nSPS) is 20.9. The van der Waals surface area contributed by atoms with E-state index >= 15 is 0 Å². The zero-order valence-corrected chi connectivity index (χ0v) is 14.8. The maximum atomic E-state index is 12.7. The molecule has 1 atom stereocenters. The molecule has 1 aliphatic carbocycles. The van der Waals surface area contributed by atoms with Crippen LogP contribution in [0.4, 0.5) is 0 Å². The van der Waals surface area contributed by atoms with Gasteiger partial charge in [0.1, 0.15) is 5.69 Å². The Bertz CT molecular complexity index is 893. The first kappa shape index (κ1) is 16.6. The summed E-state index contributed by atoms with van der Waals surface area (Å²) in [6.45, 7) is 1.34. The summed E-state index contributed by atoms with van der Waals surface area (Å²) in [5, 5.41) is 0.949. The number of sulfonamides is 1. The highest BCUT2D eigenvalue weighted by molar-refractivity contribution is 7.90. The summed E-state index contributed by atoms with van der Waals surface area (Å²) in [5.41, 5.74) is 1.38. The predicted octanol–water partition coefficient (Wildman–Crippen LogP) is 2.29. The van der Waals surface area contributed by atoms with Gasteiger partial charge in [-0.25, -0.2) is 13.1 Å². The lowest BCUT2D eigenvalue weighted by Crippen LogP contribution is -2.37. The Balaban J connectivity index is 1.58. The molecule has 1 aromatic heterocycles. The highest BCUT2D eigenvalue weighted by Gasteiger charge is 2.28. The Morgan fingerprint density at radius 1 is 1.24 bits per heavy atom. The van der Waals surface area contributed by atoms with E-state index in [-0.39, 0.29) is 11.9 Å². The van der Waals surface area contributed by atoms with Crippen LogP contribution in [-0.2, 0) is 21.3 Å². The fourth-order valence-electron chi connectivity index (χ4n) is 3.41. The molecular weight excluding hydrogens is 340 g/mol. The van der Waals surface area contributed by atoms with E-state index in [9.17, 15) is 13.2 Å². The molecule has 2 aromatic rings. The molecule has 134 valence electrons. The number of benzene rings is 1. The third-order valence-electron chi connectivity index (χ3n) is 4.86. The molecular formula is C18H22N2O4S. The number of aromatic nitrogens is 1. The molecule has 2 heterocycles. The molecule has 1 saturated heterocycles. The maximum Gasteiger partial charge on any atom is 0.281 e. The largest absolute Gasteiger partial charge is 0.377 e. The molecule has 0 spiro atoms. The minimum Gasteiger partial charge on any atom is -0.377 e. The van der Waals surface area contributed by atoms with Crippen molar-refractivity contribution in [1.82, 2.24) is 9.29 Å². The summed E-state index contributed by atoms with van der Waals surface area (Å²) in [5.74, 6) is -0.151. The van der Waals surface area contributed by atoms with Gasteiger partial charge in [0.15, 0.2) is 0 Å². The average Bonchev–Trinajstić information content (AvgIpc) is 3.10. The number of amides is 1. The van der Waals surface area contributed by atoms with Crippen molar-refractivity contribution in [3.05, 3.63) is 36.0 Å². The zero-order valence-electron chi connectivity index (χ0n) is 14.0. The van der Waals surface area contributed by atoms with Crippen LogP contribution in [0.3, 0.4) is 0 Å². The second-order valence-electron chi connectivity index (χ2n) is 6.99. The van der Waals surface area contributed by atoms with Crippen LogP contribution in [0.25, 0.3) is 10.9 Å². The van der Waals surface area contributed by atoms with Gasteiger partial charge in [-0.05, 0) is 43.7 Å². The van der Waals surface area contributed by atoms with Gasteiger partial charge in [-0.2, -0.15) is 0 Å². The van der Waals surface area contributed by atoms with Gasteiger partial charge >= 0.3 is 0 Å². The molecule has 1 saturated carbocycles. The lowest BCUT2D eigenvalue weighted by Gasteiger charge is -2.13. The van der Waals surface area contributed by atoms with E-state index in [1.54, 1.807) is 6.07 Å². The molecule has 25 heavy (non-hydrogen) atoms. The fourth-order valence-corrected chi connectivity index (χ4v) is 4.63. The number of rotatable bonds is 6. The third kappa shape index (κ3) is 3.72. The van der Waals surface area contributed by atoms with Crippen LogP contribution in [0.5, 0.6) is 0 Å². The fraction of sp³-hybridized carbons (Fsp3) is 0.500. The van der Waals surface area contributed by atoms with Crippen LogP contribution < -0.4 is 4.72 Å². The maximum absolute atomic E-state index is 12.7. The van der Waals surface area contributed by atoms with Gasteiger partial charge in [0, 0.05) is 24.1 Å². The Kier molecular flexibility index (Phi) is 4.29. The Morgan fingerprint density at radius 3 is 2.76 bits per heavy atom. The molecule has 0 radical (unpaired) electrons. The standard InChI is InChI=1S/C18H22N2O4S/c21-18(19-25(22,23)12-15-5-3-9-24-15)17-10-14-4-1-2-6-16(14)20(17)11-13-7-8-13/h1-2,4,6,10,13,15H,3,5,7-9,11-12H2,(H,19,21)/t15-/m0/s1. The van der Waals surface area contributed by atoms with Gasteiger partial charge in [-0.15, -0.1) is 0 Å². The molecule has 7 heteroatoms. The molecule has 2 fully saturated rings. The van der Waals surface area contributed by atoms with Crippen molar-refractivity contribution < 1.29 is 17.9 Å². The van der Waals surface area contributed by atoms with Gasteiger partial charge < -0.3 is 9.30 Å². The second kappa shape index (κ2) is 6.46. The van der Waals surface area contributed by atoms with E-state index in [1.165, 1.54) is 0 Å². The summed E-state index contributed by atoms with van der Waals surface area (Å²) < 4.78 is 34.2. The molecule has 1 amide bonds. The first-order chi connectivity index (χ1) is 12.0. The van der Waals surface area contributed by atoms with Crippen molar-refractivity contribution in [2.45, 2.75) is 38.3 Å². The molecule has 0 unspecified atom stereocenters. The van der Waals surface area contributed by atoms with Crippen molar-refractivity contribution in [2.24, 2.45) is 5.92 Å². The van der Waals surface area contributed by atoms with Crippen molar-refractivity contribution in [3.8, 4) is 0 Å². The van der Waals surface area contributed by atoms with E-state index in [0.717, 1.165) is 43.1 Å². The summed E-state index contributed by atoms with van der Waals surface area (Å²) in [4.78, 5) is 12.7. The number of hydrogen-bond donors (Lipinski definition) is 1. The lowest BCUT2D eigenvalue weighted by atomic mass is 10.2. The van der Waals surface area contributed by atoms with E-state index in [4.69, 9.17) is 4.74 Å². The molecule has 1 aromatic carbocycles. The average molecular weight is 362 g/mol. The van der Waals surface area contributed by atoms with Gasteiger partial charge in [0.05, 0.1) is 11.9 Å². The number of nitrogens with zero attached hydrogens (tertiary/aromatic N) is 1. The number of carbonyl (C=O) groups excluding carboxylic acids is 1. The number of ether oxygens (including phenoxy) is 1. The van der Waals surface area contributed by atoms with E-state index in [2.05, 4.69) is 4.72 Å². The van der Waals surface area contributed by atoms with E-state index < -0.39 is 15.9 Å². The quantitative estimate of drug-likeness (QED) is 0.855. The number of para-hydroxylation sites is 1. The number of hydrogen-bond acceptors (Lipinski definition) is 4. The molecule has 4 rings (SSSR count). The molecule has 1 N–H and O–H groups in total. The summed E-state index contributed by atoms with van der Waals surface area (Å²) in [7, 11) is -3.72. The van der Waals surface area contributed by atoms with Crippen LogP contribution in [0.1, 0.15) is 36.2 Å². The van der Waals surface area contributed by atoms with Crippen molar-refractivity contribution in [3.63, 3.8) is 0 Å². The predicted molar refractivity (Wildman–Crippen MR) is 94.9 cm³/mol. The molecule has 1 aliphatic heterocycles. The smallest absolute Gasteiger partial charge is 0.281 e. The minimum atomic E-state index is -3.72. The van der Waals surface area contributed by atoms with Gasteiger partial charge in [0.2, 0.25) is 10.0 Å². The first-order valence-corrected chi connectivity index (χ1v) is 10.4. The van der Waals surface area contributed by atoms with E-state index in [1.807, 2.05) is 28.8 Å². The Labute approximate surface area is 147 Å². The van der Waals surface area contributed by atoms with Gasteiger partial charge in [-0.1, -0.05) is 18.2 Å². The van der Waals surface area contributed by atoms with Crippen LogP contribution in [0, 0.1) is 5.92 Å². The first-order valence-electron chi connectivity index (χ1n) is 8.76. The van der Waals surface area contributed by atoms with Crippen LogP contribution in [0.2, 0.25) is 0 Å². The zero-order chi connectivity index (χ0) is 17.4. The van der Waals surface area contributed by atoms with Crippen molar-refractivity contribution in [2.75, 3.05) is 12.4 Å². The molecule has 2 aliphatic rings. The van der Waals surface area contributed by atoms with Crippen LogP contribution in [0.15, 0.2) is 30.3 Å². The van der Waals surface area contributed by atoms with E-state index in [0.29, 0.717) is 18.2 Å². The number of fused-ring (bicyclic) bond motifs is 1. The molecule has 6 nitrogen and oxygen atoms in total. The topological polar surface area (TPSA) is 77.4 Å². The second-order valence-corrected chi connectivity index (χ2v) is 8.76. The Morgan fingerprint density at radius 2 is 2.04 bits per heavy atom. The highest BCUT2D eigenvalue weighted by atomic mass is 32.2. The van der Waals surface area contributed by atoms with Gasteiger partial charge in [0.25, 0.3) is 5.91 Å². The van der Waals surface area contributed by atoms with Gasteiger partial charge in [-0.3, -0.25) is 4.79 Å². The summed E-state index contributed by atoms with van der Waals surface area (Å²) >= 11 is 0. The third-order valence-corrected chi connectivity index (χ3v) is 6.17. The summed E-state index contributed by atoms with van der Waals surface area (Å²) in [6.07, 6.45) is 3.58.